The molecule has 1 aromatic carbocycles. The molecule has 2 heterocycles. The highest BCUT2D eigenvalue weighted by molar-refractivity contribution is 8.93. The fraction of sp³-hybridized carbons (Fsp3) is 0.231. The van der Waals surface area contributed by atoms with Crippen molar-refractivity contribution < 1.29 is 9.53 Å². The van der Waals surface area contributed by atoms with Gasteiger partial charge in [-0.1, -0.05) is 30.3 Å². The minimum Gasteiger partial charge on any atom is -0.417 e. The van der Waals surface area contributed by atoms with Gasteiger partial charge in [0.1, 0.15) is 5.70 Å². The van der Waals surface area contributed by atoms with Crippen LogP contribution in [-0.4, -0.2) is 29.1 Å². The van der Waals surface area contributed by atoms with Crippen LogP contribution in [0.2, 0.25) is 0 Å². The van der Waals surface area contributed by atoms with E-state index < -0.39 is 0 Å². The summed E-state index contributed by atoms with van der Waals surface area (Å²) in [7, 11) is 0. The maximum Gasteiger partial charge on any atom is 0.308 e. The minimum absolute atomic E-state index is 0. The van der Waals surface area contributed by atoms with Gasteiger partial charge in [0.05, 0.1) is 6.54 Å². The summed E-state index contributed by atoms with van der Waals surface area (Å²) in [6.07, 6.45) is 0. The zero-order valence-electron chi connectivity index (χ0n) is 10.3. The summed E-state index contributed by atoms with van der Waals surface area (Å²) in [4.78, 5) is 17.7. The van der Waals surface area contributed by atoms with Crippen molar-refractivity contribution in [3.05, 3.63) is 41.0 Å². The molecular formula is C13H13BrN2O2S. The second-order valence-electron chi connectivity index (χ2n) is 4.01. The Morgan fingerprint density at radius 3 is 2.79 bits per heavy atom. The molecule has 0 fully saturated rings. The maximum absolute atomic E-state index is 11.2. The number of esters is 1. The predicted molar refractivity (Wildman–Crippen MR) is 82.0 cm³/mol. The summed E-state index contributed by atoms with van der Waals surface area (Å²) in [5.74, 6) is -0.298. The Balaban J connectivity index is 0.00000133. The van der Waals surface area contributed by atoms with Gasteiger partial charge in [-0.2, -0.15) is 0 Å². The first kappa shape index (κ1) is 14.1. The second-order valence-corrected chi connectivity index (χ2v) is 4.95. The Morgan fingerprint density at radius 2 is 2.11 bits per heavy atom. The molecule has 0 N–H and O–H groups in total. The van der Waals surface area contributed by atoms with Crippen LogP contribution >= 0.6 is 28.7 Å². The van der Waals surface area contributed by atoms with Crippen LogP contribution in [0.3, 0.4) is 0 Å². The third-order valence-electron chi connectivity index (χ3n) is 2.73. The predicted octanol–water partition coefficient (Wildman–Crippen LogP) is 2.87. The first-order valence-corrected chi connectivity index (χ1v) is 6.55. The number of carbonyl (C=O) groups is 1. The van der Waals surface area contributed by atoms with Gasteiger partial charge in [-0.05, 0) is 11.8 Å². The van der Waals surface area contributed by atoms with Gasteiger partial charge in [0, 0.05) is 19.0 Å². The molecule has 100 valence electrons. The van der Waals surface area contributed by atoms with E-state index >= 15 is 0 Å². The maximum atomic E-state index is 11.2. The van der Waals surface area contributed by atoms with Crippen LogP contribution in [0.1, 0.15) is 12.5 Å². The first-order chi connectivity index (χ1) is 8.75. The summed E-state index contributed by atoms with van der Waals surface area (Å²) >= 11 is 1.43. The van der Waals surface area contributed by atoms with E-state index in [0.29, 0.717) is 5.09 Å². The van der Waals surface area contributed by atoms with E-state index in [9.17, 15) is 4.79 Å². The van der Waals surface area contributed by atoms with Gasteiger partial charge in [-0.15, -0.1) is 17.0 Å². The highest BCUT2D eigenvalue weighted by Crippen LogP contribution is 2.41. The van der Waals surface area contributed by atoms with Crippen LogP contribution < -0.4 is 0 Å². The monoisotopic (exact) mass is 340 g/mol. The molecule has 0 radical (unpaired) electrons. The highest BCUT2D eigenvalue weighted by atomic mass is 79.9. The van der Waals surface area contributed by atoms with Crippen molar-refractivity contribution in [2.75, 3.05) is 13.1 Å². The molecule has 0 amide bonds. The number of halogens is 1. The van der Waals surface area contributed by atoms with E-state index in [0.717, 1.165) is 29.5 Å². The fourth-order valence-corrected chi connectivity index (χ4v) is 3.13. The molecule has 2 aliphatic heterocycles. The van der Waals surface area contributed by atoms with Crippen LogP contribution in [0.4, 0.5) is 0 Å². The summed E-state index contributed by atoms with van der Waals surface area (Å²) in [6.45, 7) is 3.06. The van der Waals surface area contributed by atoms with Crippen LogP contribution in [0, 0.1) is 0 Å². The lowest BCUT2D eigenvalue weighted by atomic mass is 10.1. The molecule has 6 heteroatoms. The number of hydrogen-bond acceptors (Lipinski definition) is 5. The average molecular weight is 341 g/mol. The van der Waals surface area contributed by atoms with Gasteiger partial charge in [0.25, 0.3) is 0 Å². The number of amidine groups is 1. The molecule has 0 saturated heterocycles. The normalized spacial score (nSPS) is 16.9. The van der Waals surface area contributed by atoms with Crippen molar-refractivity contribution in [2.24, 2.45) is 4.99 Å². The van der Waals surface area contributed by atoms with E-state index in [2.05, 4.69) is 9.89 Å². The standard InChI is InChI=1S/C13H12N2O2S.BrH/c1-9(16)17-12-11(10-5-3-2-4-6-10)15-8-7-14-13(15)18-12;/h2-6H,7-8H2,1H3;1H. The van der Waals surface area contributed by atoms with E-state index in [4.69, 9.17) is 4.74 Å². The van der Waals surface area contributed by atoms with Crippen LogP contribution in [0.15, 0.2) is 40.4 Å². The quantitative estimate of drug-likeness (QED) is 0.776. The lowest BCUT2D eigenvalue weighted by molar-refractivity contribution is -0.135. The third kappa shape index (κ3) is 2.69. The van der Waals surface area contributed by atoms with Crippen molar-refractivity contribution in [3.8, 4) is 0 Å². The number of fused-ring (bicyclic) bond motifs is 1. The molecule has 1 aromatic rings. The van der Waals surface area contributed by atoms with Crippen molar-refractivity contribution in [1.82, 2.24) is 4.90 Å². The van der Waals surface area contributed by atoms with E-state index in [1.54, 1.807) is 0 Å². The summed E-state index contributed by atoms with van der Waals surface area (Å²) in [6, 6.07) is 9.95. The van der Waals surface area contributed by atoms with Crippen molar-refractivity contribution in [3.63, 3.8) is 0 Å². The molecule has 0 atom stereocenters. The zero-order chi connectivity index (χ0) is 12.5. The molecule has 0 spiro atoms. The molecule has 0 aliphatic carbocycles. The number of ether oxygens (including phenoxy) is 1. The van der Waals surface area contributed by atoms with E-state index in [-0.39, 0.29) is 23.0 Å². The number of rotatable bonds is 2. The van der Waals surface area contributed by atoms with Crippen molar-refractivity contribution in [2.45, 2.75) is 6.92 Å². The van der Waals surface area contributed by atoms with Gasteiger partial charge in [-0.3, -0.25) is 9.79 Å². The summed E-state index contributed by atoms with van der Waals surface area (Å²) in [5.41, 5.74) is 2.00. The minimum atomic E-state index is -0.298. The van der Waals surface area contributed by atoms with Crippen molar-refractivity contribution >= 4 is 45.6 Å². The lowest BCUT2D eigenvalue weighted by Crippen LogP contribution is -2.20. The molecule has 0 saturated carbocycles. The number of benzene rings is 1. The topological polar surface area (TPSA) is 41.9 Å². The lowest BCUT2D eigenvalue weighted by Gasteiger charge is -2.16. The zero-order valence-corrected chi connectivity index (χ0v) is 12.9. The molecule has 0 unspecified atom stereocenters. The summed E-state index contributed by atoms with van der Waals surface area (Å²) < 4.78 is 5.30. The molecule has 2 aliphatic rings. The average Bonchev–Trinajstić information content (AvgIpc) is 2.89. The van der Waals surface area contributed by atoms with Crippen LogP contribution in [-0.2, 0) is 9.53 Å². The Bertz CT molecular complexity index is 557. The number of hydrogen-bond donors (Lipinski definition) is 0. The number of nitrogens with zero attached hydrogens (tertiary/aromatic N) is 2. The Kier molecular flexibility index (Phi) is 4.31. The van der Waals surface area contributed by atoms with Gasteiger partial charge >= 0.3 is 5.97 Å². The van der Waals surface area contributed by atoms with Crippen LogP contribution in [0.5, 0.6) is 0 Å². The second kappa shape index (κ2) is 5.79. The third-order valence-corrected chi connectivity index (χ3v) is 3.73. The largest absolute Gasteiger partial charge is 0.417 e. The molecular weight excluding hydrogens is 328 g/mol. The van der Waals surface area contributed by atoms with Crippen LogP contribution in [0.25, 0.3) is 5.70 Å². The van der Waals surface area contributed by atoms with E-state index in [1.165, 1.54) is 18.7 Å². The number of thioether (sulfide) groups is 1. The smallest absolute Gasteiger partial charge is 0.308 e. The number of carbonyl (C=O) groups excluding carboxylic acids is 1. The van der Waals surface area contributed by atoms with Gasteiger partial charge in [-0.25, -0.2) is 0 Å². The molecule has 4 nitrogen and oxygen atoms in total. The van der Waals surface area contributed by atoms with Crippen molar-refractivity contribution in [1.29, 1.82) is 0 Å². The number of aliphatic imine (C=N–C) groups is 1. The van der Waals surface area contributed by atoms with Gasteiger partial charge in [0.2, 0.25) is 0 Å². The Labute approximate surface area is 126 Å². The van der Waals surface area contributed by atoms with E-state index in [1.807, 2.05) is 30.3 Å². The molecule has 0 aromatic heterocycles. The van der Waals surface area contributed by atoms with Gasteiger partial charge < -0.3 is 9.64 Å². The fourth-order valence-electron chi connectivity index (χ4n) is 2.03. The van der Waals surface area contributed by atoms with Gasteiger partial charge in [0.15, 0.2) is 10.3 Å². The SMILES string of the molecule is Br.CC(=O)OC1=C(c2ccccc2)N2CCN=C2S1. The first-order valence-electron chi connectivity index (χ1n) is 5.73. The molecule has 3 rings (SSSR count). The molecule has 0 bridgehead atoms. The molecule has 19 heavy (non-hydrogen) atoms. The highest BCUT2D eigenvalue weighted by Gasteiger charge is 2.34. The Morgan fingerprint density at radius 1 is 1.37 bits per heavy atom. The summed E-state index contributed by atoms with van der Waals surface area (Å²) in [5, 5.41) is 1.55. The Hall–Kier alpha value is -1.27.